The third-order valence-corrected chi connectivity index (χ3v) is 2.24. The Morgan fingerprint density at radius 2 is 1.93 bits per heavy atom. The number of alkyl halides is 2. The smallest absolute Gasteiger partial charge is 0.255 e. The maximum atomic E-state index is 12.1. The summed E-state index contributed by atoms with van der Waals surface area (Å²) in [6.45, 7) is -0.285. The molecule has 82 valence electrons. The van der Waals surface area contributed by atoms with Gasteiger partial charge in [-0.2, -0.15) is 0 Å². The Morgan fingerprint density at radius 1 is 1.40 bits per heavy atom. The molecule has 0 aliphatic rings. The molecule has 0 spiro atoms. The summed E-state index contributed by atoms with van der Waals surface area (Å²) in [6.07, 6.45) is -2.34. The average Bonchev–Trinajstić information content (AvgIpc) is 2.17. The van der Waals surface area contributed by atoms with Gasteiger partial charge in [0, 0.05) is 18.3 Å². The van der Waals surface area contributed by atoms with Gasteiger partial charge in [-0.15, -0.1) is 0 Å². The minimum Gasteiger partial charge on any atom is -0.389 e. The van der Waals surface area contributed by atoms with E-state index in [9.17, 15) is 8.78 Å². The number of anilines is 1. The maximum Gasteiger partial charge on any atom is 0.255 e. The van der Waals surface area contributed by atoms with Crippen LogP contribution in [0.2, 0.25) is 0 Å². The van der Waals surface area contributed by atoms with Crippen molar-refractivity contribution in [3.63, 3.8) is 0 Å². The highest BCUT2D eigenvalue weighted by Crippen LogP contribution is 2.14. The highest BCUT2D eigenvalue weighted by atomic mass is 32.1. The number of hydrogen-bond donors (Lipinski definition) is 1. The molecule has 0 aliphatic carbocycles. The number of halogens is 2. The van der Waals surface area contributed by atoms with Gasteiger partial charge in [0.2, 0.25) is 0 Å². The standard InChI is InChI=1S/C10H12F2N2S/c1-14(6-9(11)12)8-4-2-7(3-5-8)10(13)15/h2-5,9H,6H2,1H3,(H2,13,15). The summed E-state index contributed by atoms with van der Waals surface area (Å²) in [5.41, 5.74) is 6.87. The van der Waals surface area contributed by atoms with Crippen LogP contribution in [0.5, 0.6) is 0 Å². The molecule has 15 heavy (non-hydrogen) atoms. The lowest BCUT2D eigenvalue weighted by Gasteiger charge is -2.18. The van der Waals surface area contributed by atoms with Crippen LogP contribution < -0.4 is 10.6 Å². The van der Waals surface area contributed by atoms with E-state index in [4.69, 9.17) is 18.0 Å². The van der Waals surface area contributed by atoms with Crippen LogP contribution in [0, 0.1) is 0 Å². The molecule has 0 amide bonds. The van der Waals surface area contributed by atoms with E-state index in [1.807, 2.05) is 0 Å². The average molecular weight is 230 g/mol. The van der Waals surface area contributed by atoms with E-state index in [-0.39, 0.29) is 6.54 Å². The molecule has 0 atom stereocenters. The molecule has 0 aromatic heterocycles. The zero-order valence-electron chi connectivity index (χ0n) is 8.28. The first kappa shape index (κ1) is 11.8. The SMILES string of the molecule is CN(CC(F)F)c1ccc(C(N)=S)cc1. The fourth-order valence-corrected chi connectivity index (χ4v) is 1.33. The zero-order valence-corrected chi connectivity index (χ0v) is 9.10. The summed E-state index contributed by atoms with van der Waals surface area (Å²) in [5, 5.41) is 0. The topological polar surface area (TPSA) is 29.3 Å². The number of hydrogen-bond acceptors (Lipinski definition) is 2. The predicted molar refractivity (Wildman–Crippen MR) is 61.6 cm³/mol. The van der Waals surface area contributed by atoms with Crippen molar-refractivity contribution in [2.24, 2.45) is 5.73 Å². The number of nitrogens with two attached hydrogens (primary N) is 1. The lowest BCUT2D eigenvalue weighted by atomic mass is 10.2. The number of rotatable bonds is 4. The number of nitrogens with zero attached hydrogens (tertiary/aromatic N) is 1. The van der Waals surface area contributed by atoms with Crippen molar-refractivity contribution < 1.29 is 8.78 Å². The van der Waals surface area contributed by atoms with Crippen LogP contribution in [0.15, 0.2) is 24.3 Å². The maximum absolute atomic E-state index is 12.1. The molecule has 0 aliphatic heterocycles. The summed E-state index contributed by atoms with van der Waals surface area (Å²) in [7, 11) is 1.61. The summed E-state index contributed by atoms with van der Waals surface area (Å²) in [4.78, 5) is 1.78. The van der Waals surface area contributed by atoms with Crippen molar-refractivity contribution in [1.29, 1.82) is 0 Å². The first-order valence-electron chi connectivity index (χ1n) is 4.40. The van der Waals surface area contributed by atoms with E-state index in [1.54, 1.807) is 31.3 Å². The molecule has 1 aromatic rings. The molecule has 0 radical (unpaired) electrons. The Kier molecular flexibility index (Phi) is 3.96. The molecule has 0 saturated heterocycles. The van der Waals surface area contributed by atoms with Gasteiger partial charge in [0.1, 0.15) is 4.99 Å². The van der Waals surface area contributed by atoms with E-state index in [0.29, 0.717) is 4.99 Å². The molecule has 0 unspecified atom stereocenters. The molecule has 2 nitrogen and oxygen atoms in total. The molecule has 2 N–H and O–H groups in total. The lowest BCUT2D eigenvalue weighted by molar-refractivity contribution is 0.156. The van der Waals surface area contributed by atoms with Crippen molar-refractivity contribution in [1.82, 2.24) is 0 Å². The van der Waals surface area contributed by atoms with E-state index in [2.05, 4.69) is 0 Å². The first-order chi connectivity index (χ1) is 7.00. The molecule has 0 bridgehead atoms. The molecule has 0 saturated carbocycles. The Hall–Kier alpha value is -1.23. The van der Waals surface area contributed by atoms with Crippen LogP contribution in [-0.4, -0.2) is 25.0 Å². The zero-order chi connectivity index (χ0) is 11.4. The van der Waals surface area contributed by atoms with Gasteiger partial charge in [-0.3, -0.25) is 0 Å². The van der Waals surface area contributed by atoms with Crippen LogP contribution in [0.4, 0.5) is 14.5 Å². The monoisotopic (exact) mass is 230 g/mol. The highest BCUT2D eigenvalue weighted by molar-refractivity contribution is 7.80. The molecular weight excluding hydrogens is 218 g/mol. The second-order valence-corrected chi connectivity index (χ2v) is 3.62. The Balaban J connectivity index is 2.75. The largest absolute Gasteiger partial charge is 0.389 e. The van der Waals surface area contributed by atoms with E-state index < -0.39 is 6.43 Å². The Morgan fingerprint density at radius 3 is 2.33 bits per heavy atom. The number of thiocarbonyl (C=S) groups is 1. The van der Waals surface area contributed by atoms with Crippen LogP contribution >= 0.6 is 12.2 Å². The minimum absolute atomic E-state index is 0.285. The van der Waals surface area contributed by atoms with Gasteiger partial charge in [0.15, 0.2) is 0 Å². The highest BCUT2D eigenvalue weighted by Gasteiger charge is 2.08. The van der Waals surface area contributed by atoms with Crippen molar-refractivity contribution in [2.45, 2.75) is 6.43 Å². The Bertz CT molecular complexity index is 338. The summed E-state index contributed by atoms with van der Waals surface area (Å²) in [6, 6.07) is 6.88. The quantitative estimate of drug-likeness (QED) is 0.802. The van der Waals surface area contributed by atoms with Crippen molar-refractivity contribution in [2.75, 3.05) is 18.5 Å². The molecule has 1 aromatic carbocycles. The van der Waals surface area contributed by atoms with Crippen LogP contribution in [0.1, 0.15) is 5.56 Å². The van der Waals surface area contributed by atoms with Gasteiger partial charge in [0.05, 0.1) is 6.54 Å². The van der Waals surface area contributed by atoms with Crippen molar-refractivity contribution in [3.05, 3.63) is 29.8 Å². The van der Waals surface area contributed by atoms with Crippen molar-refractivity contribution in [3.8, 4) is 0 Å². The molecule has 1 rings (SSSR count). The third kappa shape index (κ3) is 3.43. The van der Waals surface area contributed by atoms with Gasteiger partial charge in [0.25, 0.3) is 6.43 Å². The third-order valence-electron chi connectivity index (χ3n) is 2.00. The van der Waals surface area contributed by atoms with Gasteiger partial charge in [-0.25, -0.2) is 8.78 Å². The van der Waals surface area contributed by atoms with Gasteiger partial charge >= 0.3 is 0 Å². The van der Waals surface area contributed by atoms with Gasteiger partial charge < -0.3 is 10.6 Å². The van der Waals surface area contributed by atoms with Gasteiger partial charge in [-0.05, 0) is 24.3 Å². The second kappa shape index (κ2) is 5.02. The summed E-state index contributed by atoms with van der Waals surface area (Å²) in [5.74, 6) is 0. The fourth-order valence-electron chi connectivity index (χ4n) is 1.19. The van der Waals surface area contributed by atoms with Crippen molar-refractivity contribution >= 4 is 22.9 Å². The molecule has 0 heterocycles. The molecule has 0 fully saturated rings. The molecular formula is C10H12F2N2S. The number of benzene rings is 1. The summed E-state index contributed by atoms with van der Waals surface area (Å²) < 4.78 is 24.2. The summed E-state index contributed by atoms with van der Waals surface area (Å²) >= 11 is 4.79. The fraction of sp³-hybridized carbons (Fsp3) is 0.300. The molecule has 5 heteroatoms. The lowest BCUT2D eigenvalue weighted by Crippen LogP contribution is -2.24. The van der Waals surface area contributed by atoms with Crippen LogP contribution in [0.3, 0.4) is 0 Å². The van der Waals surface area contributed by atoms with E-state index in [1.165, 1.54) is 4.90 Å². The Labute approximate surface area is 92.7 Å². The second-order valence-electron chi connectivity index (χ2n) is 3.18. The van der Waals surface area contributed by atoms with Crippen LogP contribution in [-0.2, 0) is 0 Å². The first-order valence-corrected chi connectivity index (χ1v) is 4.80. The van der Waals surface area contributed by atoms with E-state index >= 15 is 0 Å². The predicted octanol–water partition coefficient (Wildman–Crippen LogP) is 2.02. The van der Waals surface area contributed by atoms with Crippen LogP contribution in [0.25, 0.3) is 0 Å². The minimum atomic E-state index is -2.34. The van der Waals surface area contributed by atoms with Gasteiger partial charge in [-0.1, -0.05) is 12.2 Å². The normalized spacial score (nSPS) is 10.4. The van der Waals surface area contributed by atoms with E-state index in [0.717, 1.165) is 11.3 Å².